The fourth-order valence-corrected chi connectivity index (χ4v) is 5.63. The summed E-state index contributed by atoms with van der Waals surface area (Å²) in [4.78, 5) is 32.2. The third-order valence-electron chi connectivity index (χ3n) is 8.17. The van der Waals surface area contributed by atoms with E-state index in [1.807, 2.05) is 0 Å². The second-order valence-electron chi connectivity index (χ2n) is 11.0. The van der Waals surface area contributed by atoms with Crippen LogP contribution >= 0.6 is 0 Å². The lowest BCUT2D eigenvalue weighted by Crippen LogP contribution is -2.50. The van der Waals surface area contributed by atoms with Gasteiger partial charge in [0, 0.05) is 24.7 Å². The molecule has 0 spiro atoms. The molecule has 0 aliphatic carbocycles. The highest BCUT2D eigenvalue weighted by atomic mass is 16.4. The Labute approximate surface area is 228 Å². The second-order valence-corrected chi connectivity index (χ2v) is 11.0. The van der Waals surface area contributed by atoms with Crippen LogP contribution in [-0.4, -0.2) is 68.4 Å². The molecule has 9 nitrogen and oxygen atoms in total. The topological polar surface area (TPSA) is 173 Å². The quantitative estimate of drug-likeness (QED) is 0.0704. The predicted octanol–water partition coefficient (Wildman–Crippen LogP) is 5.38. The van der Waals surface area contributed by atoms with Gasteiger partial charge in [-0.25, -0.2) is 0 Å². The summed E-state index contributed by atoms with van der Waals surface area (Å²) in [6.07, 6.45) is 15.4. The van der Waals surface area contributed by atoms with Gasteiger partial charge in [-0.15, -0.1) is 0 Å². The summed E-state index contributed by atoms with van der Waals surface area (Å²) in [6.45, 7) is -0.929. The van der Waals surface area contributed by atoms with Crippen LogP contribution in [-0.2, 0) is 14.4 Å². The molecule has 0 unspecified atom stereocenters. The number of carbonyl (C=O) groups is 3. The van der Waals surface area contributed by atoms with E-state index in [0.717, 1.165) is 96.3 Å². The van der Waals surface area contributed by atoms with Crippen molar-refractivity contribution in [2.24, 2.45) is 10.8 Å². The number of aliphatic carboxylic acids is 3. The predicted molar refractivity (Wildman–Crippen MR) is 146 cm³/mol. The molecule has 0 saturated carbocycles. The summed E-state index contributed by atoms with van der Waals surface area (Å²) in [6, 6.07) is 0. The van der Waals surface area contributed by atoms with Crippen LogP contribution < -0.4 is 0 Å². The fourth-order valence-electron chi connectivity index (χ4n) is 5.63. The minimum atomic E-state index is -1.01. The van der Waals surface area contributed by atoms with Crippen LogP contribution in [0.2, 0.25) is 0 Å². The standard InChI is InChI=1S/C29H54O9/c30-22-29(23-31,24-32)28(19-13-7-1-4-10-16-25(33)34,20-14-8-2-5-11-17-26(35)36)21-15-9-3-6-12-18-27(37)38/h30-32H,1-24H2,(H,33,34)(H,35,36)(H,37,38). The molecule has 6 N–H and O–H groups in total. The highest BCUT2D eigenvalue weighted by Gasteiger charge is 2.49. The van der Waals surface area contributed by atoms with Gasteiger partial charge in [0.05, 0.1) is 19.8 Å². The van der Waals surface area contributed by atoms with Crippen molar-refractivity contribution < 1.29 is 45.0 Å². The average molecular weight is 547 g/mol. The van der Waals surface area contributed by atoms with E-state index in [9.17, 15) is 29.7 Å². The van der Waals surface area contributed by atoms with Crippen LogP contribution in [0, 0.1) is 10.8 Å². The molecule has 0 fully saturated rings. The van der Waals surface area contributed by atoms with Crippen LogP contribution in [0.25, 0.3) is 0 Å². The van der Waals surface area contributed by atoms with Gasteiger partial charge in [0.2, 0.25) is 0 Å². The molecule has 9 heteroatoms. The number of hydrogen-bond acceptors (Lipinski definition) is 6. The Morgan fingerprint density at radius 3 is 0.842 bits per heavy atom. The van der Waals surface area contributed by atoms with E-state index in [-0.39, 0.29) is 39.1 Å². The molecule has 0 rings (SSSR count). The molecule has 0 amide bonds. The highest BCUT2D eigenvalue weighted by Crippen LogP contribution is 2.51. The molecule has 0 aliphatic heterocycles. The molecule has 0 radical (unpaired) electrons. The van der Waals surface area contributed by atoms with Gasteiger partial charge < -0.3 is 30.6 Å². The van der Waals surface area contributed by atoms with E-state index < -0.39 is 28.7 Å². The normalized spacial score (nSPS) is 12.1. The minimum Gasteiger partial charge on any atom is -0.481 e. The molecule has 0 aromatic rings. The molecule has 0 aliphatic rings. The number of rotatable bonds is 28. The van der Waals surface area contributed by atoms with Crippen LogP contribution in [0.5, 0.6) is 0 Å². The summed E-state index contributed by atoms with van der Waals surface area (Å²) in [5.41, 5.74) is -1.46. The molecular formula is C29H54O9. The first kappa shape index (κ1) is 36.3. The first-order chi connectivity index (χ1) is 18.2. The zero-order chi connectivity index (χ0) is 28.7. The van der Waals surface area contributed by atoms with Gasteiger partial charge >= 0.3 is 17.9 Å². The van der Waals surface area contributed by atoms with Crippen molar-refractivity contribution in [2.45, 2.75) is 135 Å². The Morgan fingerprint density at radius 2 is 0.605 bits per heavy atom. The lowest BCUT2D eigenvalue weighted by atomic mass is 9.57. The van der Waals surface area contributed by atoms with Crippen molar-refractivity contribution in [3.63, 3.8) is 0 Å². The molecule has 0 bridgehead atoms. The van der Waals surface area contributed by atoms with Gasteiger partial charge in [0.25, 0.3) is 0 Å². The third-order valence-corrected chi connectivity index (χ3v) is 8.17. The minimum absolute atomic E-state index is 0.172. The summed E-state index contributed by atoms with van der Waals surface area (Å²) in [5, 5.41) is 57.7. The van der Waals surface area contributed by atoms with Gasteiger partial charge in [-0.3, -0.25) is 14.4 Å². The Bertz CT molecular complexity index is 554. The summed E-state index contributed by atoms with van der Waals surface area (Å²) in [5.74, 6) is -2.35. The van der Waals surface area contributed by atoms with Crippen LogP contribution in [0.15, 0.2) is 0 Å². The zero-order valence-electron chi connectivity index (χ0n) is 23.4. The van der Waals surface area contributed by atoms with Crippen molar-refractivity contribution in [1.29, 1.82) is 0 Å². The molecule has 224 valence electrons. The van der Waals surface area contributed by atoms with Crippen LogP contribution in [0.4, 0.5) is 0 Å². The largest absolute Gasteiger partial charge is 0.481 e. The fraction of sp³-hybridized carbons (Fsp3) is 0.897. The van der Waals surface area contributed by atoms with Crippen molar-refractivity contribution in [2.75, 3.05) is 19.8 Å². The van der Waals surface area contributed by atoms with E-state index in [2.05, 4.69) is 0 Å². The van der Waals surface area contributed by atoms with Gasteiger partial charge in [-0.1, -0.05) is 77.0 Å². The Hall–Kier alpha value is -1.71. The maximum Gasteiger partial charge on any atom is 0.303 e. The van der Waals surface area contributed by atoms with Crippen molar-refractivity contribution >= 4 is 17.9 Å². The zero-order valence-corrected chi connectivity index (χ0v) is 23.4. The molecule has 0 aromatic heterocycles. The lowest BCUT2D eigenvalue weighted by Gasteiger charge is -2.49. The molecule has 38 heavy (non-hydrogen) atoms. The van der Waals surface area contributed by atoms with Gasteiger partial charge in [0.15, 0.2) is 0 Å². The van der Waals surface area contributed by atoms with E-state index in [1.54, 1.807) is 0 Å². The number of hydrogen-bond donors (Lipinski definition) is 6. The van der Waals surface area contributed by atoms with Crippen molar-refractivity contribution in [3.8, 4) is 0 Å². The average Bonchev–Trinajstić information content (AvgIpc) is 2.87. The maximum atomic E-state index is 10.7. The summed E-state index contributed by atoms with van der Waals surface area (Å²) in [7, 11) is 0. The van der Waals surface area contributed by atoms with Crippen molar-refractivity contribution in [3.05, 3.63) is 0 Å². The molecule has 0 saturated heterocycles. The molecule has 0 atom stereocenters. The first-order valence-corrected chi connectivity index (χ1v) is 14.7. The number of carboxylic acids is 3. The number of aliphatic hydroxyl groups is 3. The first-order valence-electron chi connectivity index (χ1n) is 14.7. The van der Waals surface area contributed by atoms with Crippen LogP contribution in [0.1, 0.15) is 135 Å². The second kappa shape index (κ2) is 22.1. The molecule has 0 aromatic carbocycles. The Kier molecular flexibility index (Phi) is 21.1. The summed E-state index contributed by atoms with van der Waals surface area (Å²) >= 11 is 0. The highest BCUT2D eigenvalue weighted by molar-refractivity contribution is 5.67. The third kappa shape index (κ3) is 15.6. The number of carboxylic acid groups (broad SMARTS) is 3. The number of aliphatic hydroxyl groups excluding tert-OH is 3. The van der Waals surface area contributed by atoms with Crippen LogP contribution in [0.3, 0.4) is 0 Å². The van der Waals surface area contributed by atoms with Gasteiger partial charge in [-0.2, -0.15) is 0 Å². The van der Waals surface area contributed by atoms with E-state index in [1.165, 1.54) is 0 Å². The van der Waals surface area contributed by atoms with Gasteiger partial charge in [-0.05, 0) is 43.9 Å². The lowest BCUT2D eigenvalue weighted by molar-refractivity contribution is -0.138. The SMILES string of the molecule is O=C(O)CCCCCCCC(CCCCCCCC(=O)O)(CCCCCCCC(=O)O)C(CO)(CO)CO. The Balaban J connectivity index is 5.22. The van der Waals surface area contributed by atoms with E-state index >= 15 is 0 Å². The molecule has 0 heterocycles. The van der Waals surface area contributed by atoms with E-state index in [0.29, 0.717) is 19.3 Å². The number of unbranched alkanes of at least 4 members (excludes halogenated alkanes) is 12. The van der Waals surface area contributed by atoms with E-state index in [4.69, 9.17) is 15.3 Å². The van der Waals surface area contributed by atoms with Gasteiger partial charge in [0.1, 0.15) is 0 Å². The Morgan fingerprint density at radius 1 is 0.368 bits per heavy atom. The summed E-state index contributed by atoms with van der Waals surface area (Å²) < 4.78 is 0. The maximum absolute atomic E-state index is 10.7. The van der Waals surface area contributed by atoms with Crippen molar-refractivity contribution in [1.82, 2.24) is 0 Å². The molecular weight excluding hydrogens is 492 g/mol. The monoisotopic (exact) mass is 546 g/mol. The smallest absolute Gasteiger partial charge is 0.303 e.